The highest BCUT2D eigenvalue weighted by Gasteiger charge is 2.77. The van der Waals surface area contributed by atoms with Gasteiger partial charge in [-0.05, 0) is 29.7 Å². The number of rotatable bonds is 8. The summed E-state index contributed by atoms with van der Waals surface area (Å²) in [6, 6.07) is 23.5. The van der Waals surface area contributed by atoms with Crippen molar-refractivity contribution < 1.29 is 24.2 Å². The van der Waals surface area contributed by atoms with Crippen LogP contribution in [-0.2, 0) is 25.7 Å². The minimum absolute atomic E-state index is 0.251. The van der Waals surface area contributed by atoms with Crippen LogP contribution in [0, 0.1) is 11.8 Å². The number of ether oxygens (including phenoxy) is 1. The Bertz CT molecular complexity index is 1460. The number of likely N-dealkylation sites (tertiary alicyclic amines) is 1. The van der Waals surface area contributed by atoms with Crippen LogP contribution in [0.4, 0.5) is 5.69 Å². The molecule has 212 valence electrons. The van der Waals surface area contributed by atoms with Gasteiger partial charge in [0, 0.05) is 11.4 Å². The van der Waals surface area contributed by atoms with E-state index < -0.39 is 54.0 Å². The molecule has 3 unspecified atom stereocenters. The lowest BCUT2D eigenvalue weighted by Gasteiger charge is -2.37. The molecule has 0 radical (unpaired) electrons. The number of anilines is 1. The van der Waals surface area contributed by atoms with Crippen LogP contribution in [0.3, 0.4) is 0 Å². The lowest BCUT2D eigenvalue weighted by atomic mass is 9.70. The molecular formula is C31H29BrClN3O5. The maximum Gasteiger partial charge on any atom is 0.250 e. The van der Waals surface area contributed by atoms with Gasteiger partial charge in [-0.2, -0.15) is 0 Å². The molecule has 0 aliphatic carbocycles. The van der Waals surface area contributed by atoms with Gasteiger partial charge < -0.3 is 25.4 Å². The average molecular weight is 639 g/mol. The topological polar surface area (TPSA) is 108 Å². The Balaban J connectivity index is 1.39. The zero-order valence-electron chi connectivity index (χ0n) is 22.0. The van der Waals surface area contributed by atoms with Gasteiger partial charge in [-0.3, -0.25) is 14.4 Å². The molecule has 10 heteroatoms. The van der Waals surface area contributed by atoms with Gasteiger partial charge in [-0.15, -0.1) is 0 Å². The minimum atomic E-state index is -1.28. The van der Waals surface area contributed by atoms with Crippen molar-refractivity contribution >= 4 is 50.9 Å². The molecule has 3 saturated heterocycles. The summed E-state index contributed by atoms with van der Waals surface area (Å²) in [6.45, 7) is -0.117. The van der Waals surface area contributed by atoms with E-state index in [-0.39, 0.29) is 10.7 Å². The molecule has 3 N–H and O–H groups in total. The molecular weight excluding hydrogens is 610 g/mol. The molecule has 3 aromatic rings. The van der Waals surface area contributed by atoms with Crippen molar-refractivity contribution in [2.24, 2.45) is 11.8 Å². The molecule has 3 heterocycles. The summed E-state index contributed by atoms with van der Waals surface area (Å²) < 4.78 is 6.57. The van der Waals surface area contributed by atoms with Crippen LogP contribution in [0.15, 0.2) is 84.9 Å². The highest BCUT2D eigenvalue weighted by molar-refractivity contribution is 9.09. The largest absolute Gasteiger partial charge is 0.394 e. The second-order valence-corrected chi connectivity index (χ2v) is 12.3. The summed E-state index contributed by atoms with van der Waals surface area (Å²) >= 11 is 10.0. The highest BCUT2D eigenvalue weighted by atomic mass is 79.9. The predicted molar refractivity (Wildman–Crippen MR) is 157 cm³/mol. The van der Waals surface area contributed by atoms with E-state index >= 15 is 0 Å². The number of para-hydroxylation sites is 1. The Labute approximate surface area is 251 Å². The van der Waals surface area contributed by atoms with Crippen LogP contribution in [0.1, 0.15) is 23.6 Å². The van der Waals surface area contributed by atoms with E-state index in [2.05, 4.69) is 26.6 Å². The Morgan fingerprint density at radius 3 is 2.37 bits per heavy atom. The monoisotopic (exact) mass is 637 g/mol. The lowest BCUT2D eigenvalue weighted by Crippen LogP contribution is -2.55. The van der Waals surface area contributed by atoms with Gasteiger partial charge in [0.1, 0.15) is 11.6 Å². The zero-order chi connectivity index (χ0) is 28.7. The highest BCUT2D eigenvalue weighted by Crippen LogP contribution is 2.61. The van der Waals surface area contributed by atoms with Gasteiger partial charge in [0.15, 0.2) is 0 Å². The molecule has 7 atom stereocenters. The SMILES string of the molecule is O=C(Nc1ccccc1Cl)C1N([C@H](CO)c2ccccc2)C(=O)[C@@H]2[C@@H](C(=O)NCc3ccccc3)[C@@H]3OC12CC3Br. The van der Waals surface area contributed by atoms with Gasteiger partial charge in [0.2, 0.25) is 17.7 Å². The van der Waals surface area contributed by atoms with Gasteiger partial charge in [0.05, 0.1) is 41.3 Å². The second kappa shape index (κ2) is 11.2. The number of hydrogen-bond acceptors (Lipinski definition) is 5. The van der Waals surface area contributed by atoms with E-state index in [0.29, 0.717) is 29.2 Å². The number of carbonyl (C=O) groups excluding carboxylic acids is 3. The Morgan fingerprint density at radius 1 is 1.02 bits per heavy atom. The van der Waals surface area contributed by atoms with Crippen molar-refractivity contribution in [3.8, 4) is 0 Å². The van der Waals surface area contributed by atoms with Crippen LogP contribution < -0.4 is 10.6 Å². The van der Waals surface area contributed by atoms with Gasteiger partial charge in [-0.1, -0.05) is 100 Å². The van der Waals surface area contributed by atoms with Crippen molar-refractivity contribution in [2.75, 3.05) is 11.9 Å². The number of alkyl halides is 1. The van der Waals surface area contributed by atoms with E-state index in [1.165, 1.54) is 4.90 Å². The molecule has 3 aromatic carbocycles. The summed E-state index contributed by atoms with van der Waals surface area (Å²) in [5.41, 5.74) is 0.714. The average Bonchev–Trinajstić information content (AvgIpc) is 3.58. The third kappa shape index (κ3) is 4.74. The Hall–Kier alpha value is -3.24. The van der Waals surface area contributed by atoms with E-state index in [0.717, 1.165) is 5.56 Å². The summed E-state index contributed by atoms with van der Waals surface area (Å²) in [5, 5.41) is 16.8. The first-order chi connectivity index (χ1) is 19.9. The number of amides is 3. The summed E-state index contributed by atoms with van der Waals surface area (Å²) in [5.74, 6) is -2.92. The number of benzene rings is 3. The first-order valence-electron chi connectivity index (χ1n) is 13.5. The molecule has 41 heavy (non-hydrogen) atoms. The first kappa shape index (κ1) is 27.9. The smallest absolute Gasteiger partial charge is 0.250 e. The number of nitrogens with zero attached hydrogens (tertiary/aromatic N) is 1. The quantitative estimate of drug-likeness (QED) is 0.323. The van der Waals surface area contributed by atoms with Crippen LogP contribution in [0.2, 0.25) is 5.02 Å². The molecule has 3 aliphatic rings. The van der Waals surface area contributed by atoms with Crippen LogP contribution >= 0.6 is 27.5 Å². The molecule has 0 aromatic heterocycles. The van der Waals surface area contributed by atoms with Crippen molar-refractivity contribution in [1.82, 2.24) is 10.2 Å². The molecule has 2 bridgehead atoms. The molecule has 3 aliphatic heterocycles. The number of carbonyl (C=O) groups is 3. The fourth-order valence-corrected chi connectivity index (χ4v) is 7.82. The molecule has 1 spiro atoms. The standard InChI is InChI=1S/C31H29BrClN3O5/c32-20-15-31-25(24(26(20)41-31)28(38)34-16-18-9-3-1-4-10-18)30(40)36(23(17-37)19-11-5-2-6-12-19)27(31)29(39)35-22-14-8-7-13-21(22)33/h1-14,20,23-27,37H,15-17H2,(H,34,38)(H,35,39)/t20?,23-,24-,25+,26-,27?,31?/m1/s1. The molecule has 8 nitrogen and oxygen atoms in total. The maximum absolute atomic E-state index is 14.4. The molecule has 0 saturated carbocycles. The molecule has 3 amide bonds. The summed E-state index contributed by atoms with van der Waals surface area (Å²) in [7, 11) is 0. The predicted octanol–water partition coefficient (Wildman–Crippen LogP) is 4.08. The molecule has 6 rings (SSSR count). The maximum atomic E-state index is 14.4. The van der Waals surface area contributed by atoms with Crippen molar-refractivity contribution in [2.45, 2.75) is 41.6 Å². The fraction of sp³-hybridized carbons (Fsp3) is 0.323. The van der Waals surface area contributed by atoms with E-state index in [1.807, 2.05) is 48.5 Å². The van der Waals surface area contributed by atoms with E-state index in [4.69, 9.17) is 16.3 Å². The Morgan fingerprint density at radius 2 is 1.68 bits per heavy atom. The normalized spacial score (nSPS) is 28.8. The number of hydrogen-bond donors (Lipinski definition) is 3. The number of aliphatic hydroxyl groups is 1. The number of fused-ring (bicyclic) bond motifs is 1. The number of halogens is 2. The summed E-state index contributed by atoms with van der Waals surface area (Å²) in [6.07, 6.45) is -0.248. The van der Waals surface area contributed by atoms with Crippen molar-refractivity contribution in [1.29, 1.82) is 0 Å². The lowest BCUT2D eigenvalue weighted by molar-refractivity contribution is -0.144. The van der Waals surface area contributed by atoms with Crippen molar-refractivity contribution in [3.63, 3.8) is 0 Å². The van der Waals surface area contributed by atoms with Crippen molar-refractivity contribution in [3.05, 3.63) is 101 Å². The second-order valence-electron chi connectivity index (χ2n) is 10.7. The minimum Gasteiger partial charge on any atom is -0.394 e. The molecule has 3 fully saturated rings. The number of aliphatic hydroxyl groups excluding tert-OH is 1. The van der Waals surface area contributed by atoms with Crippen LogP contribution in [0.25, 0.3) is 0 Å². The third-order valence-corrected chi connectivity index (χ3v) is 9.59. The van der Waals surface area contributed by atoms with Crippen LogP contribution in [0.5, 0.6) is 0 Å². The fourth-order valence-electron chi connectivity index (χ4n) is 6.70. The van der Waals surface area contributed by atoms with Crippen LogP contribution in [-0.4, -0.2) is 56.9 Å². The third-order valence-electron chi connectivity index (χ3n) is 8.41. The van der Waals surface area contributed by atoms with Gasteiger partial charge in [0.25, 0.3) is 0 Å². The van der Waals surface area contributed by atoms with Gasteiger partial charge in [-0.25, -0.2) is 0 Å². The number of nitrogens with one attached hydrogen (secondary N) is 2. The van der Waals surface area contributed by atoms with E-state index in [1.54, 1.807) is 36.4 Å². The first-order valence-corrected chi connectivity index (χ1v) is 14.8. The van der Waals surface area contributed by atoms with E-state index in [9.17, 15) is 19.5 Å². The Kier molecular flexibility index (Phi) is 7.63. The van der Waals surface area contributed by atoms with Gasteiger partial charge >= 0.3 is 0 Å². The zero-order valence-corrected chi connectivity index (χ0v) is 24.3. The summed E-state index contributed by atoms with van der Waals surface area (Å²) in [4.78, 5) is 43.4.